The molecule has 0 saturated carbocycles. The normalized spacial score (nSPS) is 16.4. The Morgan fingerprint density at radius 3 is 2.85 bits per heavy atom. The van der Waals surface area contributed by atoms with Crippen LogP contribution in [0.4, 0.5) is 10.2 Å². The van der Waals surface area contributed by atoms with Crippen LogP contribution in [-0.4, -0.2) is 41.6 Å². The molecule has 3 aromatic rings. The van der Waals surface area contributed by atoms with E-state index in [1.165, 1.54) is 38.8 Å². The minimum atomic E-state index is -0.434. The van der Waals surface area contributed by atoms with E-state index in [2.05, 4.69) is 20.2 Å². The number of aromatic nitrogens is 2. The molecule has 0 aliphatic carbocycles. The second-order valence-electron chi connectivity index (χ2n) is 6.73. The zero-order chi connectivity index (χ0) is 18.6. The number of nitrogens with zero attached hydrogens (tertiary/aromatic N) is 3. The van der Waals surface area contributed by atoms with Crippen molar-refractivity contribution in [3.8, 4) is 5.75 Å². The largest absolute Gasteiger partial charge is 0.494 e. The van der Waals surface area contributed by atoms with Gasteiger partial charge in [0.15, 0.2) is 11.6 Å². The third-order valence-electron chi connectivity index (χ3n) is 5.07. The molecule has 0 radical (unpaired) electrons. The van der Waals surface area contributed by atoms with E-state index in [-0.39, 0.29) is 11.8 Å². The van der Waals surface area contributed by atoms with E-state index in [1.54, 1.807) is 12.3 Å². The summed E-state index contributed by atoms with van der Waals surface area (Å²) < 4.78 is 24.8. The van der Waals surface area contributed by atoms with Crippen LogP contribution in [-0.2, 0) is 0 Å². The predicted octanol–water partition coefficient (Wildman–Crippen LogP) is 4.01. The molecule has 6 nitrogen and oxygen atoms in total. The fourth-order valence-electron chi connectivity index (χ4n) is 3.67. The zero-order valence-corrected chi connectivity index (χ0v) is 15.3. The smallest absolute Gasteiger partial charge is 0.167 e. The minimum absolute atomic E-state index is 0.118. The average molecular weight is 370 g/mol. The fourth-order valence-corrected chi connectivity index (χ4v) is 3.67. The summed E-state index contributed by atoms with van der Waals surface area (Å²) in [5.74, 6) is 1.34. The topological polar surface area (TPSA) is 63.4 Å². The summed E-state index contributed by atoms with van der Waals surface area (Å²) in [6.07, 6.45) is 6.82. The highest BCUT2D eigenvalue weighted by atomic mass is 19.1. The number of likely N-dealkylation sites (tertiary alicyclic amines) is 1. The SMILES string of the molecule is COc1cc2c(NCC(c3ccco3)N3CCCCC3)ncnc2cc1F. The van der Waals surface area contributed by atoms with E-state index >= 15 is 0 Å². The summed E-state index contributed by atoms with van der Waals surface area (Å²) in [4.78, 5) is 11.0. The molecule has 0 amide bonds. The second-order valence-corrected chi connectivity index (χ2v) is 6.73. The highest BCUT2D eigenvalue weighted by molar-refractivity contribution is 5.90. The van der Waals surface area contributed by atoms with Gasteiger partial charge in [0.2, 0.25) is 0 Å². The molecule has 0 spiro atoms. The standard InChI is InChI=1S/C20H23FN4O2/c1-26-19-10-14-16(11-15(19)21)23-13-24-20(14)22-12-17(18-6-5-9-27-18)25-7-3-2-4-8-25/h5-6,9-11,13,17H,2-4,7-8,12H2,1H3,(H,22,23,24). The number of hydrogen-bond donors (Lipinski definition) is 1. The van der Waals surface area contributed by atoms with Crippen LogP contribution in [0, 0.1) is 5.82 Å². The third kappa shape index (κ3) is 3.73. The van der Waals surface area contributed by atoms with Crippen LogP contribution < -0.4 is 10.1 Å². The number of furan rings is 1. The van der Waals surface area contributed by atoms with Crippen molar-refractivity contribution < 1.29 is 13.5 Å². The summed E-state index contributed by atoms with van der Waals surface area (Å²) in [5, 5.41) is 4.14. The molecule has 1 atom stereocenters. The minimum Gasteiger partial charge on any atom is -0.494 e. The number of rotatable bonds is 6. The first kappa shape index (κ1) is 17.7. The van der Waals surface area contributed by atoms with Crippen molar-refractivity contribution in [1.82, 2.24) is 14.9 Å². The van der Waals surface area contributed by atoms with Gasteiger partial charge in [-0.05, 0) is 44.1 Å². The quantitative estimate of drug-likeness (QED) is 0.707. The third-order valence-corrected chi connectivity index (χ3v) is 5.07. The molecule has 1 N–H and O–H groups in total. The molecule has 4 rings (SSSR count). The molecule has 0 bridgehead atoms. The Balaban J connectivity index is 1.60. The Labute approximate surface area is 157 Å². The summed E-state index contributed by atoms with van der Waals surface area (Å²) in [6.45, 7) is 2.74. The van der Waals surface area contributed by atoms with Crippen molar-refractivity contribution in [2.45, 2.75) is 25.3 Å². The molecule has 1 aromatic carbocycles. The van der Waals surface area contributed by atoms with Gasteiger partial charge in [0.1, 0.15) is 17.9 Å². The van der Waals surface area contributed by atoms with Crippen molar-refractivity contribution in [3.63, 3.8) is 0 Å². The van der Waals surface area contributed by atoms with Crippen LogP contribution in [0.2, 0.25) is 0 Å². The van der Waals surface area contributed by atoms with E-state index in [0.29, 0.717) is 17.9 Å². The Morgan fingerprint density at radius 1 is 1.26 bits per heavy atom. The van der Waals surface area contributed by atoms with Gasteiger partial charge in [0.05, 0.1) is 24.9 Å². The van der Waals surface area contributed by atoms with Crippen LogP contribution in [0.25, 0.3) is 10.9 Å². The maximum atomic E-state index is 14.0. The molecule has 1 saturated heterocycles. The lowest BCUT2D eigenvalue weighted by Gasteiger charge is -2.33. The van der Waals surface area contributed by atoms with E-state index in [4.69, 9.17) is 9.15 Å². The number of benzene rings is 1. The zero-order valence-electron chi connectivity index (χ0n) is 15.3. The van der Waals surface area contributed by atoms with Gasteiger partial charge in [0.25, 0.3) is 0 Å². The molecule has 1 fully saturated rings. The molecule has 3 heterocycles. The van der Waals surface area contributed by atoms with Gasteiger partial charge in [-0.1, -0.05) is 6.42 Å². The van der Waals surface area contributed by atoms with Crippen molar-refractivity contribution in [1.29, 1.82) is 0 Å². The molecular weight excluding hydrogens is 347 g/mol. The van der Waals surface area contributed by atoms with E-state index in [9.17, 15) is 4.39 Å². The van der Waals surface area contributed by atoms with Gasteiger partial charge in [-0.25, -0.2) is 14.4 Å². The van der Waals surface area contributed by atoms with E-state index < -0.39 is 5.82 Å². The predicted molar refractivity (Wildman–Crippen MR) is 101 cm³/mol. The fraction of sp³-hybridized carbons (Fsp3) is 0.400. The maximum Gasteiger partial charge on any atom is 0.167 e. The molecule has 7 heteroatoms. The number of hydrogen-bond acceptors (Lipinski definition) is 6. The Morgan fingerprint density at radius 2 is 2.11 bits per heavy atom. The average Bonchev–Trinajstić information content (AvgIpc) is 3.23. The Bertz CT molecular complexity index is 894. The summed E-state index contributed by atoms with van der Waals surface area (Å²) in [5.41, 5.74) is 0.540. The number of anilines is 1. The number of halogens is 1. The van der Waals surface area contributed by atoms with Crippen LogP contribution in [0.5, 0.6) is 5.75 Å². The monoisotopic (exact) mass is 370 g/mol. The van der Waals surface area contributed by atoms with Gasteiger partial charge < -0.3 is 14.5 Å². The van der Waals surface area contributed by atoms with Crippen LogP contribution in [0.3, 0.4) is 0 Å². The van der Waals surface area contributed by atoms with Gasteiger partial charge >= 0.3 is 0 Å². The van der Waals surface area contributed by atoms with Gasteiger partial charge in [0, 0.05) is 18.0 Å². The molecule has 142 valence electrons. The molecule has 2 aromatic heterocycles. The number of piperidine rings is 1. The lowest BCUT2D eigenvalue weighted by Crippen LogP contribution is -2.37. The van der Waals surface area contributed by atoms with Crippen molar-refractivity contribution >= 4 is 16.7 Å². The number of methoxy groups -OCH3 is 1. The molecular formula is C20H23FN4O2. The summed E-state index contributed by atoms with van der Waals surface area (Å²) in [6, 6.07) is 7.05. The van der Waals surface area contributed by atoms with Crippen LogP contribution >= 0.6 is 0 Å². The number of fused-ring (bicyclic) bond motifs is 1. The van der Waals surface area contributed by atoms with Crippen LogP contribution in [0.15, 0.2) is 41.3 Å². The Hall–Kier alpha value is -2.67. The summed E-state index contributed by atoms with van der Waals surface area (Å²) >= 11 is 0. The lowest BCUT2D eigenvalue weighted by atomic mass is 10.1. The first-order valence-corrected chi connectivity index (χ1v) is 9.26. The van der Waals surface area contributed by atoms with E-state index in [1.807, 2.05) is 12.1 Å². The molecule has 1 unspecified atom stereocenters. The van der Waals surface area contributed by atoms with Crippen molar-refractivity contribution in [2.75, 3.05) is 32.1 Å². The lowest BCUT2D eigenvalue weighted by molar-refractivity contribution is 0.153. The van der Waals surface area contributed by atoms with Crippen molar-refractivity contribution in [2.24, 2.45) is 0 Å². The molecule has 1 aliphatic rings. The number of ether oxygens (including phenoxy) is 1. The highest BCUT2D eigenvalue weighted by Gasteiger charge is 2.24. The van der Waals surface area contributed by atoms with Gasteiger partial charge in [-0.15, -0.1) is 0 Å². The van der Waals surface area contributed by atoms with E-state index in [0.717, 1.165) is 24.2 Å². The second kappa shape index (κ2) is 7.92. The Kier molecular flexibility index (Phi) is 5.20. The maximum absolute atomic E-state index is 14.0. The first-order valence-electron chi connectivity index (χ1n) is 9.26. The van der Waals surface area contributed by atoms with Crippen molar-refractivity contribution in [3.05, 3.63) is 48.4 Å². The van der Waals surface area contributed by atoms with Gasteiger partial charge in [-0.2, -0.15) is 0 Å². The molecule has 27 heavy (non-hydrogen) atoms. The van der Waals surface area contributed by atoms with Crippen LogP contribution in [0.1, 0.15) is 31.1 Å². The molecule has 1 aliphatic heterocycles. The highest BCUT2D eigenvalue weighted by Crippen LogP contribution is 2.29. The van der Waals surface area contributed by atoms with Gasteiger partial charge in [-0.3, -0.25) is 4.90 Å². The first-order chi connectivity index (χ1) is 13.3. The summed E-state index contributed by atoms with van der Waals surface area (Å²) in [7, 11) is 1.45. The number of nitrogens with one attached hydrogen (secondary N) is 1.